The third-order valence-electron chi connectivity index (χ3n) is 4.10. The lowest BCUT2D eigenvalue weighted by Gasteiger charge is -2.17. The molecule has 1 aliphatic rings. The first-order chi connectivity index (χ1) is 10.6. The number of nitrogens with two attached hydrogens (primary N) is 1. The maximum atomic E-state index is 6.34. The predicted molar refractivity (Wildman–Crippen MR) is 87.9 cm³/mol. The molecule has 2 N–H and O–H groups in total. The van der Waals surface area contributed by atoms with Gasteiger partial charge in [-0.25, -0.2) is 0 Å². The monoisotopic (exact) mass is 339 g/mol. The van der Waals surface area contributed by atoms with Crippen molar-refractivity contribution in [2.75, 3.05) is 7.11 Å². The summed E-state index contributed by atoms with van der Waals surface area (Å²) in [6.45, 7) is 1.87. The molecule has 1 saturated carbocycles. The standard InChI is InChI=1S/C16H21N3O3.ClH/c1-11(21-13-7-5-12(20-2)6-8-13)14-18-15(19-22-14)16(17)9-3-4-10-16;/h5-8,11H,3-4,9-10,17H2,1-2H3;1H. The molecule has 0 aliphatic heterocycles. The molecule has 6 nitrogen and oxygen atoms in total. The Hall–Kier alpha value is -1.79. The van der Waals surface area contributed by atoms with Gasteiger partial charge in [0.05, 0.1) is 12.6 Å². The van der Waals surface area contributed by atoms with Crippen LogP contribution in [-0.2, 0) is 5.54 Å². The quantitative estimate of drug-likeness (QED) is 0.899. The molecule has 23 heavy (non-hydrogen) atoms. The topological polar surface area (TPSA) is 83.4 Å². The van der Waals surface area contributed by atoms with Gasteiger partial charge >= 0.3 is 0 Å². The van der Waals surface area contributed by atoms with Crippen molar-refractivity contribution in [1.82, 2.24) is 10.1 Å². The molecule has 0 spiro atoms. The number of ether oxygens (including phenoxy) is 2. The second-order valence-electron chi connectivity index (χ2n) is 5.76. The van der Waals surface area contributed by atoms with Gasteiger partial charge < -0.3 is 19.7 Å². The Morgan fingerprint density at radius 1 is 1.17 bits per heavy atom. The molecule has 1 heterocycles. The molecule has 1 aliphatic carbocycles. The Balaban J connectivity index is 0.00000192. The van der Waals surface area contributed by atoms with E-state index in [2.05, 4.69) is 10.1 Å². The fraction of sp³-hybridized carbons (Fsp3) is 0.500. The van der Waals surface area contributed by atoms with E-state index in [1.54, 1.807) is 7.11 Å². The van der Waals surface area contributed by atoms with Gasteiger partial charge in [-0.15, -0.1) is 12.4 Å². The Morgan fingerprint density at radius 3 is 2.39 bits per heavy atom. The van der Waals surface area contributed by atoms with E-state index in [0.717, 1.165) is 37.2 Å². The number of benzene rings is 1. The zero-order valence-corrected chi connectivity index (χ0v) is 14.1. The molecule has 1 aromatic carbocycles. The molecular formula is C16H22ClN3O3. The van der Waals surface area contributed by atoms with Crippen LogP contribution in [0.2, 0.25) is 0 Å². The lowest BCUT2D eigenvalue weighted by molar-refractivity contribution is 0.175. The maximum absolute atomic E-state index is 6.34. The molecule has 1 fully saturated rings. The molecule has 1 unspecified atom stereocenters. The minimum atomic E-state index is -0.443. The zero-order chi connectivity index (χ0) is 15.6. The van der Waals surface area contributed by atoms with E-state index in [9.17, 15) is 0 Å². The van der Waals surface area contributed by atoms with Gasteiger partial charge in [-0.05, 0) is 44.0 Å². The van der Waals surface area contributed by atoms with E-state index in [-0.39, 0.29) is 18.5 Å². The zero-order valence-electron chi connectivity index (χ0n) is 13.3. The number of nitrogens with zero attached hydrogens (tertiary/aromatic N) is 2. The van der Waals surface area contributed by atoms with Crippen LogP contribution < -0.4 is 15.2 Å². The van der Waals surface area contributed by atoms with E-state index >= 15 is 0 Å². The third kappa shape index (κ3) is 3.76. The molecule has 2 aromatic rings. The summed E-state index contributed by atoms with van der Waals surface area (Å²) in [4.78, 5) is 4.44. The fourth-order valence-electron chi connectivity index (χ4n) is 2.74. The summed E-state index contributed by atoms with van der Waals surface area (Å²) in [6.07, 6.45) is 3.69. The molecular weight excluding hydrogens is 318 g/mol. The van der Waals surface area contributed by atoms with Crippen molar-refractivity contribution < 1.29 is 14.0 Å². The van der Waals surface area contributed by atoms with Crippen LogP contribution in [0.4, 0.5) is 0 Å². The Labute approximate surface area is 141 Å². The Kier molecular flexibility index (Phi) is 5.49. The number of halogens is 1. The number of rotatable bonds is 5. The van der Waals surface area contributed by atoms with Gasteiger partial charge in [0, 0.05) is 0 Å². The summed E-state index contributed by atoms with van der Waals surface area (Å²) < 4.78 is 16.3. The fourth-order valence-corrected chi connectivity index (χ4v) is 2.74. The summed E-state index contributed by atoms with van der Waals surface area (Å²) in [5.74, 6) is 2.54. The molecule has 1 aromatic heterocycles. The van der Waals surface area contributed by atoms with Crippen LogP contribution >= 0.6 is 12.4 Å². The third-order valence-corrected chi connectivity index (χ3v) is 4.10. The SMILES string of the molecule is COc1ccc(OC(C)c2nc(C3(N)CCCC3)no2)cc1.Cl. The van der Waals surface area contributed by atoms with E-state index in [4.69, 9.17) is 19.7 Å². The maximum Gasteiger partial charge on any atom is 0.267 e. The largest absolute Gasteiger partial charge is 0.497 e. The second kappa shape index (κ2) is 7.19. The summed E-state index contributed by atoms with van der Waals surface area (Å²) in [7, 11) is 1.63. The molecule has 0 saturated heterocycles. The number of hydrogen-bond acceptors (Lipinski definition) is 6. The lowest BCUT2D eigenvalue weighted by atomic mass is 9.99. The lowest BCUT2D eigenvalue weighted by Crippen LogP contribution is -2.34. The highest BCUT2D eigenvalue weighted by molar-refractivity contribution is 5.85. The summed E-state index contributed by atoms with van der Waals surface area (Å²) in [5.41, 5.74) is 5.90. The first-order valence-corrected chi connectivity index (χ1v) is 7.54. The summed E-state index contributed by atoms with van der Waals surface area (Å²) in [5, 5.41) is 4.05. The van der Waals surface area contributed by atoms with Gasteiger partial charge in [0.2, 0.25) is 0 Å². The highest BCUT2D eigenvalue weighted by atomic mass is 35.5. The second-order valence-corrected chi connectivity index (χ2v) is 5.76. The number of aromatic nitrogens is 2. The van der Waals surface area contributed by atoms with Crippen LogP contribution in [0, 0.1) is 0 Å². The van der Waals surface area contributed by atoms with Crippen LogP contribution in [0.15, 0.2) is 28.8 Å². The van der Waals surface area contributed by atoms with Gasteiger partial charge in [-0.2, -0.15) is 4.98 Å². The van der Waals surface area contributed by atoms with Crippen molar-refractivity contribution in [1.29, 1.82) is 0 Å². The summed E-state index contributed by atoms with van der Waals surface area (Å²) in [6, 6.07) is 7.37. The normalized spacial score (nSPS) is 17.3. The van der Waals surface area contributed by atoms with Crippen LogP contribution in [0.25, 0.3) is 0 Å². The average molecular weight is 340 g/mol. The predicted octanol–water partition coefficient (Wildman–Crippen LogP) is 3.37. The highest BCUT2D eigenvalue weighted by Crippen LogP contribution is 2.35. The molecule has 0 radical (unpaired) electrons. The van der Waals surface area contributed by atoms with Crippen molar-refractivity contribution in [2.45, 2.75) is 44.2 Å². The average Bonchev–Trinajstić information content (AvgIpc) is 3.18. The first-order valence-electron chi connectivity index (χ1n) is 7.54. The van der Waals surface area contributed by atoms with Crippen molar-refractivity contribution >= 4 is 12.4 Å². The van der Waals surface area contributed by atoms with Gasteiger partial charge in [-0.1, -0.05) is 18.0 Å². The van der Waals surface area contributed by atoms with E-state index in [1.165, 1.54) is 0 Å². The van der Waals surface area contributed by atoms with Crippen LogP contribution in [-0.4, -0.2) is 17.3 Å². The first kappa shape index (κ1) is 17.6. The van der Waals surface area contributed by atoms with Crippen molar-refractivity contribution in [3.05, 3.63) is 36.0 Å². The smallest absolute Gasteiger partial charge is 0.267 e. The van der Waals surface area contributed by atoms with Crippen molar-refractivity contribution in [3.63, 3.8) is 0 Å². The highest BCUT2D eigenvalue weighted by Gasteiger charge is 2.36. The van der Waals surface area contributed by atoms with E-state index < -0.39 is 5.54 Å². The van der Waals surface area contributed by atoms with Gasteiger partial charge in [-0.3, -0.25) is 0 Å². The Morgan fingerprint density at radius 2 is 1.78 bits per heavy atom. The van der Waals surface area contributed by atoms with Crippen molar-refractivity contribution in [2.24, 2.45) is 5.73 Å². The molecule has 126 valence electrons. The van der Waals surface area contributed by atoms with E-state index in [0.29, 0.717) is 11.7 Å². The van der Waals surface area contributed by atoms with Crippen LogP contribution in [0.1, 0.15) is 50.4 Å². The van der Waals surface area contributed by atoms with Gasteiger partial charge in [0.15, 0.2) is 11.9 Å². The molecule has 0 amide bonds. The number of methoxy groups -OCH3 is 1. The molecule has 1 atom stereocenters. The van der Waals surface area contributed by atoms with Gasteiger partial charge in [0.1, 0.15) is 11.5 Å². The molecule has 7 heteroatoms. The minimum absolute atomic E-state index is 0. The summed E-state index contributed by atoms with van der Waals surface area (Å²) >= 11 is 0. The van der Waals surface area contributed by atoms with Crippen LogP contribution in [0.3, 0.4) is 0 Å². The molecule has 3 rings (SSSR count). The Bertz CT molecular complexity index is 624. The number of hydrogen-bond donors (Lipinski definition) is 1. The van der Waals surface area contributed by atoms with Crippen LogP contribution in [0.5, 0.6) is 11.5 Å². The minimum Gasteiger partial charge on any atom is -0.497 e. The van der Waals surface area contributed by atoms with Gasteiger partial charge in [0.25, 0.3) is 5.89 Å². The molecule has 0 bridgehead atoms. The van der Waals surface area contributed by atoms with Crippen molar-refractivity contribution in [3.8, 4) is 11.5 Å². The van der Waals surface area contributed by atoms with E-state index in [1.807, 2.05) is 31.2 Å².